The first-order valence-corrected chi connectivity index (χ1v) is 7.68. The molecule has 112 valence electrons. The van der Waals surface area contributed by atoms with E-state index in [4.69, 9.17) is 4.74 Å². The molecule has 0 aliphatic heterocycles. The van der Waals surface area contributed by atoms with Gasteiger partial charge >= 0.3 is 0 Å². The van der Waals surface area contributed by atoms with Gasteiger partial charge in [-0.25, -0.2) is 0 Å². The predicted octanol–water partition coefficient (Wildman–Crippen LogP) is 3.85. The number of hydrogen-bond acceptors (Lipinski definition) is 3. The van der Waals surface area contributed by atoms with Crippen molar-refractivity contribution in [2.24, 2.45) is 5.41 Å². The quantitative estimate of drug-likeness (QED) is 0.859. The smallest absolute Gasteiger partial charge is 0.161 e. The number of aromatic hydroxyl groups is 1. The molecule has 1 aromatic rings. The maximum atomic E-state index is 9.70. The summed E-state index contributed by atoms with van der Waals surface area (Å²) in [6.07, 6.45) is 5.10. The number of phenolic OH excluding ortho intramolecular Hbond substituents is 1. The van der Waals surface area contributed by atoms with Gasteiger partial charge in [0, 0.05) is 12.6 Å². The fourth-order valence-corrected chi connectivity index (χ4v) is 2.81. The molecular formula is C17H27NO2. The molecule has 0 spiro atoms. The highest BCUT2D eigenvalue weighted by Gasteiger charge is 2.26. The summed E-state index contributed by atoms with van der Waals surface area (Å²) >= 11 is 0. The molecule has 2 rings (SSSR count). The summed E-state index contributed by atoms with van der Waals surface area (Å²) in [7, 11) is 0. The van der Waals surface area contributed by atoms with Crippen molar-refractivity contribution >= 4 is 0 Å². The van der Waals surface area contributed by atoms with E-state index < -0.39 is 0 Å². The highest BCUT2D eigenvalue weighted by Crippen LogP contribution is 2.35. The van der Waals surface area contributed by atoms with Crippen molar-refractivity contribution in [3.63, 3.8) is 0 Å². The van der Waals surface area contributed by atoms with Crippen LogP contribution >= 0.6 is 0 Å². The zero-order chi connectivity index (χ0) is 14.6. The Labute approximate surface area is 122 Å². The van der Waals surface area contributed by atoms with Crippen molar-refractivity contribution < 1.29 is 9.84 Å². The van der Waals surface area contributed by atoms with Gasteiger partial charge in [-0.15, -0.1) is 0 Å². The Morgan fingerprint density at radius 1 is 1.30 bits per heavy atom. The molecule has 1 aromatic carbocycles. The third kappa shape index (κ3) is 4.14. The normalized spacial score (nSPS) is 18.9. The van der Waals surface area contributed by atoms with E-state index in [9.17, 15) is 5.11 Å². The first-order valence-electron chi connectivity index (χ1n) is 7.68. The van der Waals surface area contributed by atoms with Crippen molar-refractivity contribution in [3.8, 4) is 11.5 Å². The van der Waals surface area contributed by atoms with E-state index in [1.807, 2.05) is 19.1 Å². The minimum absolute atomic E-state index is 0.218. The van der Waals surface area contributed by atoms with Crippen LogP contribution in [0.3, 0.4) is 0 Å². The van der Waals surface area contributed by atoms with E-state index in [1.165, 1.54) is 25.7 Å². The Morgan fingerprint density at radius 3 is 2.65 bits per heavy atom. The van der Waals surface area contributed by atoms with Gasteiger partial charge in [-0.1, -0.05) is 19.9 Å². The van der Waals surface area contributed by atoms with Crippen LogP contribution in [0, 0.1) is 5.41 Å². The number of nitrogens with one attached hydrogen (secondary N) is 1. The van der Waals surface area contributed by atoms with Crippen LogP contribution in [0.4, 0.5) is 0 Å². The zero-order valence-corrected chi connectivity index (χ0v) is 12.9. The Balaban J connectivity index is 1.86. The molecule has 3 heteroatoms. The zero-order valence-electron chi connectivity index (χ0n) is 12.9. The van der Waals surface area contributed by atoms with Gasteiger partial charge in [0.2, 0.25) is 0 Å². The average molecular weight is 277 g/mol. The van der Waals surface area contributed by atoms with Crippen LogP contribution < -0.4 is 10.1 Å². The molecule has 0 aromatic heterocycles. The number of rotatable bonds is 5. The summed E-state index contributed by atoms with van der Waals surface area (Å²) < 4.78 is 5.42. The summed E-state index contributed by atoms with van der Waals surface area (Å²) in [4.78, 5) is 0. The van der Waals surface area contributed by atoms with Gasteiger partial charge < -0.3 is 15.2 Å². The molecule has 0 radical (unpaired) electrons. The van der Waals surface area contributed by atoms with Crippen LogP contribution in [0.25, 0.3) is 0 Å². The van der Waals surface area contributed by atoms with E-state index in [0.717, 1.165) is 12.1 Å². The van der Waals surface area contributed by atoms with Crippen molar-refractivity contribution in [3.05, 3.63) is 23.8 Å². The minimum Gasteiger partial charge on any atom is -0.504 e. The second-order valence-electron chi connectivity index (χ2n) is 6.55. The fraction of sp³-hybridized carbons (Fsp3) is 0.647. The lowest BCUT2D eigenvalue weighted by Gasteiger charge is -2.34. The SMILES string of the molecule is CCOc1cc(CNC2CCC(C)(C)CC2)ccc1O. The van der Waals surface area contributed by atoms with E-state index in [0.29, 0.717) is 23.8 Å². The number of phenols is 1. The molecule has 0 saturated heterocycles. The van der Waals surface area contributed by atoms with Crippen molar-refractivity contribution in [2.45, 2.75) is 59.0 Å². The molecule has 20 heavy (non-hydrogen) atoms. The summed E-state index contributed by atoms with van der Waals surface area (Å²) in [5, 5.41) is 13.3. The summed E-state index contributed by atoms with van der Waals surface area (Å²) in [5.41, 5.74) is 1.68. The van der Waals surface area contributed by atoms with E-state index in [1.54, 1.807) is 6.07 Å². The van der Waals surface area contributed by atoms with Gasteiger partial charge in [0.05, 0.1) is 6.61 Å². The Bertz CT molecular complexity index is 433. The molecule has 3 nitrogen and oxygen atoms in total. The highest BCUT2D eigenvalue weighted by molar-refractivity contribution is 5.41. The topological polar surface area (TPSA) is 41.5 Å². The predicted molar refractivity (Wildman–Crippen MR) is 82.2 cm³/mol. The van der Waals surface area contributed by atoms with Gasteiger partial charge in [-0.2, -0.15) is 0 Å². The van der Waals surface area contributed by atoms with Gasteiger partial charge in [0.25, 0.3) is 0 Å². The fourth-order valence-electron chi connectivity index (χ4n) is 2.81. The van der Waals surface area contributed by atoms with E-state index in [-0.39, 0.29) is 5.75 Å². The minimum atomic E-state index is 0.218. The third-order valence-electron chi connectivity index (χ3n) is 4.26. The largest absolute Gasteiger partial charge is 0.504 e. The Kier molecular flexibility index (Phi) is 4.92. The lowest BCUT2D eigenvalue weighted by molar-refractivity contribution is 0.206. The Hall–Kier alpha value is -1.22. The van der Waals surface area contributed by atoms with Crippen LogP contribution in [0.15, 0.2) is 18.2 Å². The van der Waals surface area contributed by atoms with Crippen LogP contribution in [-0.4, -0.2) is 17.8 Å². The number of benzene rings is 1. The Morgan fingerprint density at radius 2 is 2.00 bits per heavy atom. The molecule has 0 amide bonds. The molecule has 0 bridgehead atoms. The molecule has 1 fully saturated rings. The lowest BCUT2D eigenvalue weighted by atomic mass is 9.75. The standard InChI is InChI=1S/C17H27NO2/c1-4-20-16-11-13(5-6-15(16)19)12-18-14-7-9-17(2,3)10-8-14/h5-6,11,14,18-19H,4,7-10,12H2,1-3H3. The molecule has 1 aliphatic rings. The number of ether oxygens (including phenoxy) is 1. The van der Waals surface area contributed by atoms with Crippen LogP contribution in [0.2, 0.25) is 0 Å². The first-order chi connectivity index (χ1) is 9.50. The molecular weight excluding hydrogens is 250 g/mol. The molecule has 0 atom stereocenters. The molecule has 1 saturated carbocycles. The molecule has 0 heterocycles. The second-order valence-corrected chi connectivity index (χ2v) is 6.55. The van der Waals surface area contributed by atoms with E-state index in [2.05, 4.69) is 19.2 Å². The van der Waals surface area contributed by atoms with Crippen LogP contribution in [0.1, 0.15) is 52.0 Å². The van der Waals surface area contributed by atoms with E-state index >= 15 is 0 Å². The third-order valence-corrected chi connectivity index (χ3v) is 4.26. The van der Waals surface area contributed by atoms with Crippen molar-refractivity contribution in [1.82, 2.24) is 5.32 Å². The van der Waals surface area contributed by atoms with Gasteiger partial charge in [0.15, 0.2) is 11.5 Å². The van der Waals surface area contributed by atoms with Crippen LogP contribution in [0.5, 0.6) is 11.5 Å². The maximum Gasteiger partial charge on any atom is 0.161 e. The molecule has 1 aliphatic carbocycles. The molecule has 2 N–H and O–H groups in total. The van der Waals surface area contributed by atoms with Gasteiger partial charge in [0.1, 0.15) is 0 Å². The van der Waals surface area contributed by atoms with Gasteiger partial charge in [-0.05, 0) is 55.7 Å². The highest BCUT2D eigenvalue weighted by atomic mass is 16.5. The van der Waals surface area contributed by atoms with Crippen molar-refractivity contribution in [2.75, 3.05) is 6.61 Å². The summed E-state index contributed by atoms with van der Waals surface area (Å²) in [6.45, 7) is 8.05. The molecule has 0 unspecified atom stereocenters. The van der Waals surface area contributed by atoms with Crippen molar-refractivity contribution in [1.29, 1.82) is 0 Å². The van der Waals surface area contributed by atoms with Crippen LogP contribution in [-0.2, 0) is 6.54 Å². The average Bonchev–Trinajstić information content (AvgIpc) is 2.41. The monoisotopic (exact) mass is 277 g/mol. The lowest BCUT2D eigenvalue weighted by Crippen LogP contribution is -2.35. The summed E-state index contributed by atoms with van der Waals surface area (Å²) in [6, 6.07) is 6.22. The summed E-state index contributed by atoms with van der Waals surface area (Å²) in [5.74, 6) is 0.798. The van der Waals surface area contributed by atoms with Gasteiger partial charge in [-0.3, -0.25) is 0 Å². The second kappa shape index (κ2) is 6.49. The number of hydrogen-bond donors (Lipinski definition) is 2. The first kappa shape index (κ1) is 15.2. The maximum absolute atomic E-state index is 9.70.